The quantitative estimate of drug-likeness (QED) is 0.680. The molecule has 0 aromatic heterocycles. The van der Waals surface area contributed by atoms with E-state index in [1.165, 1.54) is 10.4 Å². The number of ether oxygens (including phenoxy) is 1. The summed E-state index contributed by atoms with van der Waals surface area (Å²) in [5, 5.41) is 0. The van der Waals surface area contributed by atoms with Gasteiger partial charge in [0.2, 0.25) is 10.0 Å². The van der Waals surface area contributed by atoms with E-state index in [2.05, 4.69) is 6.92 Å². The largest absolute Gasteiger partial charge is 0.379 e. The van der Waals surface area contributed by atoms with Gasteiger partial charge in [-0.25, -0.2) is 8.42 Å². The summed E-state index contributed by atoms with van der Waals surface area (Å²) in [7, 11) is -3.64. The van der Waals surface area contributed by atoms with Crippen LogP contribution in [0.2, 0.25) is 0 Å². The van der Waals surface area contributed by atoms with Gasteiger partial charge in [0.05, 0.1) is 18.1 Å². The van der Waals surface area contributed by atoms with Crippen LogP contribution in [0.5, 0.6) is 0 Å². The molecule has 1 atom stereocenters. The fourth-order valence-electron chi connectivity index (χ4n) is 3.91. The van der Waals surface area contributed by atoms with E-state index in [9.17, 15) is 13.2 Å². The van der Waals surface area contributed by atoms with E-state index >= 15 is 0 Å². The molecule has 7 heteroatoms. The molecule has 1 heterocycles. The molecule has 1 amide bonds. The minimum absolute atomic E-state index is 0.109. The summed E-state index contributed by atoms with van der Waals surface area (Å²) in [6, 6.07) is 16.5. The van der Waals surface area contributed by atoms with E-state index in [0.29, 0.717) is 44.3 Å². The molecule has 1 unspecified atom stereocenters. The number of hydrogen-bond donors (Lipinski definition) is 0. The van der Waals surface area contributed by atoms with E-state index in [1.807, 2.05) is 35.2 Å². The second-order valence-corrected chi connectivity index (χ2v) is 9.98. The number of rotatable bonds is 7. The van der Waals surface area contributed by atoms with Crippen LogP contribution in [-0.4, -0.2) is 55.9 Å². The van der Waals surface area contributed by atoms with Gasteiger partial charge in [-0.15, -0.1) is 0 Å². The Morgan fingerprint density at radius 3 is 2.47 bits per heavy atom. The molecular weight excluding hydrogens is 400 g/mol. The van der Waals surface area contributed by atoms with Gasteiger partial charge in [-0.2, -0.15) is 4.31 Å². The monoisotopic (exact) mass is 428 g/mol. The maximum absolute atomic E-state index is 13.5. The van der Waals surface area contributed by atoms with Crippen molar-refractivity contribution in [3.8, 4) is 0 Å². The van der Waals surface area contributed by atoms with Crippen LogP contribution in [0.3, 0.4) is 0 Å². The summed E-state index contributed by atoms with van der Waals surface area (Å²) < 4.78 is 32.7. The summed E-state index contributed by atoms with van der Waals surface area (Å²) >= 11 is 0. The van der Waals surface area contributed by atoms with Gasteiger partial charge in [-0.3, -0.25) is 4.79 Å². The zero-order valence-corrected chi connectivity index (χ0v) is 18.1. The predicted octanol–water partition coefficient (Wildman–Crippen LogP) is 3.15. The number of nitrogens with zero attached hydrogens (tertiary/aromatic N) is 2. The van der Waals surface area contributed by atoms with E-state index in [1.54, 1.807) is 18.2 Å². The van der Waals surface area contributed by atoms with Gasteiger partial charge in [0, 0.05) is 31.2 Å². The molecule has 0 radical (unpaired) electrons. The highest BCUT2D eigenvalue weighted by Crippen LogP contribution is 2.36. The van der Waals surface area contributed by atoms with Crippen molar-refractivity contribution in [2.45, 2.75) is 37.2 Å². The minimum Gasteiger partial charge on any atom is -0.379 e. The van der Waals surface area contributed by atoms with Gasteiger partial charge in [-0.05, 0) is 49.4 Å². The average molecular weight is 429 g/mol. The Bertz CT molecular complexity index is 983. The summed E-state index contributed by atoms with van der Waals surface area (Å²) in [6.45, 7) is 4.05. The van der Waals surface area contributed by atoms with Crippen LogP contribution in [0.1, 0.15) is 35.7 Å². The summed E-state index contributed by atoms with van der Waals surface area (Å²) in [5.74, 6) is 0.384. The highest BCUT2D eigenvalue weighted by Gasteiger charge is 2.35. The second kappa shape index (κ2) is 8.88. The van der Waals surface area contributed by atoms with Crippen LogP contribution in [-0.2, 0) is 21.3 Å². The van der Waals surface area contributed by atoms with E-state index in [4.69, 9.17) is 4.74 Å². The molecule has 0 N–H and O–H groups in total. The topological polar surface area (TPSA) is 66.9 Å². The molecule has 1 saturated heterocycles. The molecule has 1 aliphatic carbocycles. The van der Waals surface area contributed by atoms with Crippen LogP contribution in [0.25, 0.3) is 0 Å². The molecule has 2 aromatic rings. The van der Waals surface area contributed by atoms with Crippen molar-refractivity contribution in [3.05, 3.63) is 65.7 Å². The standard InChI is InChI=1S/C23H28N2O4S/c1-18(20-10-11-20)25(17-19-6-3-2-4-7-19)23(26)21-8-5-9-22(16-21)30(27,28)24-12-14-29-15-13-24/h2-9,16,18,20H,10-15,17H2,1H3. The fourth-order valence-corrected chi connectivity index (χ4v) is 5.36. The van der Waals surface area contributed by atoms with Gasteiger partial charge in [0.1, 0.15) is 0 Å². The number of hydrogen-bond acceptors (Lipinski definition) is 4. The van der Waals surface area contributed by atoms with Gasteiger partial charge in [0.15, 0.2) is 0 Å². The van der Waals surface area contributed by atoms with Crippen LogP contribution < -0.4 is 0 Å². The van der Waals surface area contributed by atoms with Crippen molar-refractivity contribution in [3.63, 3.8) is 0 Å². The minimum atomic E-state index is -3.64. The number of benzene rings is 2. The van der Waals surface area contributed by atoms with Crippen molar-refractivity contribution < 1.29 is 17.9 Å². The maximum atomic E-state index is 13.5. The Labute approximate surface area is 178 Å². The SMILES string of the molecule is CC(C1CC1)N(Cc1ccccc1)C(=O)c1cccc(S(=O)(=O)N2CCOCC2)c1. The summed E-state index contributed by atoms with van der Waals surface area (Å²) in [4.78, 5) is 15.5. The maximum Gasteiger partial charge on any atom is 0.254 e. The third-order valence-electron chi connectivity index (χ3n) is 5.94. The predicted molar refractivity (Wildman–Crippen MR) is 115 cm³/mol. The summed E-state index contributed by atoms with van der Waals surface area (Å²) in [6.07, 6.45) is 2.26. The average Bonchev–Trinajstić information content (AvgIpc) is 3.63. The molecule has 0 spiro atoms. The molecule has 160 valence electrons. The molecule has 0 bridgehead atoms. The molecule has 2 aliphatic rings. The second-order valence-electron chi connectivity index (χ2n) is 8.04. The van der Waals surface area contributed by atoms with Gasteiger partial charge < -0.3 is 9.64 Å². The Kier molecular flexibility index (Phi) is 6.22. The number of morpholine rings is 1. The molecule has 1 aliphatic heterocycles. The van der Waals surface area contributed by atoms with Crippen LogP contribution in [0.15, 0.2) is 59.5 Å². The number of sulfonamides is 1. The van der Waals surface area contributed by atoms with Crippen molar-refractivity contribution in [2.75, 3.05) is 26.3 Å². The zero-order chi connectivity index (χ0) is 21.1. The number of carbonyl (C=O) groups is 1. The molecule has 2 fully saturated rings. The fraction of sp³-hybridized carbons (Fsp3) is 0.435. The Balaban J connectivity index is 1.61. The first-order valence-corrected chi connectivity index (χ1v) is 11.9. The lowest BCUT2D eigenvalue weighted by Gasteiger charge is -2.30. The van der Waals surface area contributed by atoms with E-state index < -0.39 is 10.0 Å². The normalized spacial score (nSPS) is 18.7. The molecule has 6 nitrogen and oxygen atoms in total. The smallest absolute Gasteiger partial charge is 0.254 e. The lowest BCUT2D eigenvalue weighted by Crippen LogP contribution is -2.41. The van der Waals surface area contributed by atoms with Crippen molar-refractivity contribution >= 4 is 15.9 Å². The first-order chi connectivity index (χ1) is 14.5. The van der Waals surface area contributed by atoms with Crippen molar-refractivity contribution in [1.29, 1.82) is 0 Å². The lowest BCUT2D eigenvalue weighted by atomic mass is 10.1. The third-order valence-corrected chi connectivity index (χ3v) is 7.84. The molecule has 4 rings (SSSR count). The van der Waals surface area contributed by atoms with Crippen LogP contribution in [0.4, 0.5) is 0 Å². The number of amides is 1. The van der Waals surface area contributed by atoms with Gasteiger partial charge in [-0.1, -0.05) is 36.4 Å². The van der Waals surface area contributed by atoms with Gasteiger partial charge >= 0.3 is 0 Å². The first-order valence-electron chi connectivity index (χ1n) is 10.5. The third kappa shape index (κ3) is 4.58. The zero-order valence-electron chi connectivity index (χ0n) is 17.2. The van der Waals surface area contributed by atoms with Crippen LogP contribution in [0, 0.1) is 5.92 Å². The van der Waals surface area contributed by atoms with E-state index in [0.717, 1.165) is 18.4 Å². The molecule has 2 aromatic carbocycles. The number of carbonyl (C=O) groups excluding carboxylic acids is 1. The summed E-state index contributed by atoms with van der Waals surface area (Å²) in [5.41, 5.74) is 1.48. The molecular formula is C23H28N2O4S. The highest BCUT2D eigenvalue weighted by atomic mass is 32.2. The molecule has 1 saturated carbocycles. The van der Waals surface area contributed by atoms with Crippen LogP contribution >= 0.6 is 0 Å². The molecule has 30 heavy (non-hydrogen) atoms. The van der Waals surface area contributed by atoms with E-state index in [-0.39, 0.29) is 16.8 Å². The van der Waals surface area contributed by atoms with Crippen molar-refractivity contribution in [2.24, 2.45) is 5.92 Å². The lowest BCUT2D eigenvalue weighted by molar-refractivity contribution is 0.0653. The Morgan fingerprint density at radius 2 is 1.80 bits per heavy atom. The Morgan fingerprint density at radius 1 is 1.10 bits per heavy atom. The van der Waals surface area contributed by atoms with Gasteiger partial charge in [0.25, 0.3) is 5.91 Å². The first kappa shape index (κ1) is 21.0. The highest BCUT2D eigenvalue weighted by molar-refractivity contribution is 7.89. The Hall–Kier alpha value is -2.22. The van der Waals surface area contributed by atoms with Crippen molar-refractivity contribution in [1.82, 2.24) is 9.21 Å².